The molecule has 1 aromatic carbocycles. The van der Waals surface area contributed by atoms with E-state index in [4.69, 9.17) is 21.6 Å². The number of nitriles is 1. The number of hydrogen-bond donors (Lipinski definition) is 1. The van der Waals surface area contributed by atoms with Gasteiger partial charge in [-0.15, -0.1) is 0 Å². The Morgan fingerprint density at radius 3 is 2.87 bits per heavy atom. The van der Waals surface area contributed by atoms with E-state index in [0.29, 0.717) is 22.3 Å². The van der Waals surface area contributed by atoms with E-state index in [1.807, 2.05) is 11.8 Å². The van der Waals surface area contributed by atoms with Crippen LogP contribution in [-0.2, 0) is 4.74 Å². The summed E-state index contributed by atoms with van der Waals surface area (Å²) >= 11 is 6.21. The topological polar surface area (TPSA) is 68.8 Å². The van der Waals surface area contributed by atoms with Gasteiger partial charge in [0, 0.05) is 6.54 Å². The molecule has 6 heteroatoms. The maximum atomic E-state index is 10.2. The van der Waals surface area contributed by atoms with Gasteiger partial charge in [-0.05, 0) is 37.0 Å². The molecule has 122 valence electrons. The number of ether oxygens (including phenoxy) is 1. The molecule has 3 rings (SSSR count). The first-order chi connectivity index (χ1) is 10.9. The first-order valence-corrected chi connectivity index (χ1v) is 8.21. The van der Waals surface area contributed by atoms with Crippen LogP contribution in [0.1, 0.15) is 31.4 Å². The minimum Gasteiger partial charge on any atom is -0.459 e. The maximum absolute atomic E-state index is 10.2. The van der Waals surface area contributed by atoms with Gasteiger partial charge in [0.2, 0.25) is 0 Å². The Morgan fingerprint density at radius 1 is 1.48 bits per heavy atom. The predicted octanol–water partition coefficient (Wildman–Crippen LogP) is 3.00. The second kappa shape index (κ2) is 6.03. The van der Waals surface area contributed by atoms with Crippen molar-refractivity contribution in [3.05, 3.63) is 28.3 Å². The smallest absolute Gasteiger partial charge is 0.293 e. The summed E-state index contributed by atoms with van der Waals surface area (Å²) in [6.45, 7) is 6.74. The number of rotatable bonds is 2. The van der Waals surface area contributed by atoms with Crippen LogP contribution < -0.4 is 0 Å². The Hall–Kier alpha value is -1.77. The van der Waals surface area contributed by atoms with E-state index in [1.54, 1.807) is 12.1 Å². The molecular formula is C17H20ClN3O2. The minimum absolute atomic E-state index is 0.0390. The Labute approximate surface area is 141 Å². The Morgan fingerprint density at radius 2 is 2.22 bits per heavy atom. The zero-order valence-electron chi connectivity index (χ0n) is 13.5. The average Bonchev–Trinajstić information content (AvgIpc) is 3.06. The molecule has 2 heterocycles. The molecule has 0 aliphatic carbocycles. The van der Waals surface area contributed by atoms with Gasteiger partial charge in [-0.1, -0.05) is 25.4 Å². The van der Waals surface area contributed by atoms with Crippen LogP contribution in [0.5, 0.6) is 0 Å². The van der Waals surface area contributed by atoms with Gasteiger partial charge >= 0.3 is 0 Å². The van der Waals surface area contributed by atoms with Crippen molar-refractivity contribution in [1.82, 2.24) is 4.90 Å². The molecule has 0 saturated carbocycles. The molecule has 0 bridgehead atoms. The third-order valence-electron chi connectivity index (χ3n) is 4.60. The number of benzene rings is 1. The van der Waals surface area contributed by atoms with Crippen LogP contribution in [0.25, 0.3) is 0 Å². The highest BCUT2D eigenvalue weighted by atomic mass is 35.5. The summed E-state index contributed by atoms with van der Waals surface area (Å²) in [5.41, 5.74) is 1.88. The third-order valence-corrected chi connectivity index (χ3v) is 5.08. The van der Waals surface area contributed by atoms with E-state index in [9.17, 15) is 5.11 Å². The normalized spacial score (nSPS) is 28.1. The van der Waals surface area contributed by atoms with Crippen molar-refractivity contribution >= 4 is 23.3 Å². The number of halogens is 1. The lowest BCUT2D eigenvalue weighted by Gasteiger charge is -2.22. The molecule has 2 fully saturated rings. The molecule has 1 aromatic rings. The minimum atomic E-state index is -0.388. The fourth-order valence-corrected chi connectivity index (χ4v) is 3.49. The van der Waals surface area contributed by atoms with Crippen molar-refractivity contribution in [3.8, 4) is 6.07 Å². The van der Waals surface area contributed by atoms with Gasteiger partial charge in [-0.3, -0.25) is 0 Å². The molecule has 0 amide bonds. The van der Waals surface area contributed by atoms with Gasteiger partial charge in [0.25, 0.3) is 6.02 Å². The van der Waals surface area contributed by atoms with Crippen LogP contribution in [0.3, 0.4) is 0 Å². The summed E-state index contributed by atoms with van der Waals surface area (Å²) in [5, 5.41) is 19.7. The van der Waals surface area contributed by atoms with Gasteiger partial charge in [-0.2, -0.15) is 10.3 Å². The second-order valence-electron chi connectivity index (χ2n) is 6.44. The van der Waals surface area contributed by atoms with Crippen molar-refractivity contribution in [2.75, 3.05) is 6.54 Å². The molecule has 0 spiro atoms. The highest BCUT2D eigenvalue weighted by Crippen LogP contribution is 2.36. The summed E-state index contributed by atoms with van der Waals surface area (Å²) < 4.78 is 6.02. The highest BCUT2D eigenvalue weighted by molar-refractivity contribution is 6.32. The molecule has 2 aliphatic rings. The highest BCUT2D eigenvalue weighted by Gasteiger charge is 2.49. The molecule has 2 saturated heterocycles. The fourth-order valence-electron chi connectivity index (χ4n) is 3.28. The van der Waals surface area contributed by atoms with Gasteiger partial charge in [-0.25, -0.2) is 0 Å². The SMILES string of the molecule is Cc1c(N=C2OC(C(C)C)[C@@H]3[C@H](O)CCN23)ccc(C#N)c1Cl. The molecule has 1 N–H and O–H groups in total. The lowest BCUT2D eigenvalue weighted by molar-refractivity contribution is 0.0672. The zero-order valence-corrected chi connectivity index (χ0v) is 14.2. The maximum Gasteiger partial charge on any atom is 0.293 e. The molecule has 1 unspecified atom stereocenters. The number of amidine groups is 1. The zero-order chi connectivity index (χ0) is 16.7. The van der Waals surface area contributed by atoms with E-state index in [-0.39, 0.29) is 24.2 Å². The summed E-state index contributed by atoms with van der Waals surface area (Å²) in [6, 6.07) is 6.01. The number of aliphatic hydroxyl groups is 1. The van der Waals surface area contributed by atoms with Crippen molar-refractivity contribution in [2.45, 2.75) is 45.4 Å². The van der Waals surface area contributed by atoms with Gasteiger partial charge in [0.15, 0.2) is 0 Å². The fraction of sp³-hybridized carbons (Fsp3) is 0.529. The van der Waals surface area contributed by atoms with E-state index in [1.165, 1.54) is 0 Å². The summed E-state index contributed by atoms with van der Waals surface area (Å²) in [5.74, 6) is 0.286. The van der Waals surface area contributed by atoms with Crippen LogP contribution in [0.4, 0.5) is 5.69 Å². The predicted molar refractivity (Wildman–Crippen MR) is 88.8 cm³/mol. The molecular weight excluding hydrogens is 314 g/mol. The Kier molecular flexibility index (Phi) is 4.22. The van der Waals surface area contributed by atoms with Crippen molar-refractivity contribution in [3.63, 3.8) is 0 Å². The van der Waals surface area contributed by atoms with Crippen molar-refractivity contribution in [1.29, 1.82) is 5.26 Å². The van der Waals surface area contributed by atoms with Gasteiger partial charge < -0.3 is 14.7 Å². The first kappa shape index (κ1) is 16.1. The van der Waals surface area contributed by atoms with Crippen LogP contribution in [-0.4, -0.2) is 40.8 Å². The average molecular weight is 334 g/mol. The number of nitrogens with zero attached hydrogens (tertiary/aromatic N) is 3. The lowest BCUT2D eigenvalue weighted by Crippen LogP contribution is -2.40. The Bertz CT molecular complexity index is 696. The second-order valence-corrected chi connectivity index (χ2v) is 6.82. The van der Waals surface area contributed by atoms with Crippen molar-refractivity contribution in [2.24, 2.45) is 10.9 Å². The van der Waals surface area contributed by atoms with Gasteiger partial charge in [0.1, 0.15) is 12.2 Å². The quantitative estimate of drug-likeness (QED) is 0.903. The lowest BCUT2D eigenvalue weighted by atomic mass is 9.97. The summed E-state index contributed by atoms with van der Waals surface area (Å²) in [4.78, 5) is 6.66. The molecule has 3 atom stereocenters. The van der Waals surface area contributed by atoms with Crippen LogP contribution in [0, 0.1) is 24.2 Å². The van der Waals surface area contributed by atoms with Gasteiger partial charge in [0.05, 0.1) is 28.4 Å². The number of aliphatic imine (C=N–C) groups is 1. The number of aliphatic hydroxyl groups excluding tert-OH is 1. The molecule has 0 radical (unpaired) electrons. The largest absolute Gasteiger partial charge is 0.459 e. The molecule has 0 aromatic heterocycles. The number of fused-ring (bicyclic) bond motifs is 1. The summed E-state index contributed by atoms with van der Waals surface area (Å²) in [6.07, 6.45) is 0.268. The van der Waals surface area contributed by atoms with Crippen LogP contribution >= 0.6 is 11.6 Å². The van der Waals surface area contributed by atoms with E-state index in [0.717, 1.165) is 18.5 Å². The Balaban J connectivity index is 1.98. The monoisotopic (exact) mass is 333 g/mol. The van der Waals surface area contributed by atoms with E-state index >= 15 is 0 Å². The standard InChI is InChI=1S/C17H20ClN3O2/c1-9(2)16-15-13(22)6-7-21(15)17(23-16)20-12-5-4-11(8-19)14(18)10(12)3/h4-5,9,13,15-16,22H,6-7H2,1-3H3/t13-,15+,16?/m1/s1. The van der Waals surface area contributed by atoms with Crippen LogP contribution in [0.2, 0.25) is 5.02 Å². The number of hydrogen-bond acceptors (Lipinski definition) is 4. The molecule has 23 heavy (non-hydrogen) atoms. The van der Waals surface area contributed by atoms with Crippen molar-refractivity contribution < 1.29 is 9.84 Å². The summed E-state index contributed by atoms with van der Waals surface area (Å²) in [7, 11) is 0. The first-order valence-electron chi connectivity index (χ1n) is 7.83. The third kappa shape index (κ3) is 2.66. The van der Waals surface area contributed by atoms with E-state index < -0.39 is 0 Å². The molecule has 2 aliphatic heterocycles. The van der Waals surface area contributed by atoms with Crippen LogP contribution in [0.15, 0.2) is 17.1 Å². The van der Waals surface area contributed by atoms with E-state index in [2.05, 4.69) is 24.9 Å². The molecule has 5 nitrogen and oxygen atoms in total.